The number of nitrogens with zero attached hydrogens (tertiary/aromatic N) is 1. The first-order chi connectivity index (χ1) is 8.08. The smallest absolute Gasteiger partial charge is 0.136 e. The van der Waals surface area contributed by atoms with Gasteiger partial charge in [0.1, 0.15) is 10.8 Å². The molecule has 3 N–H and O–H groups in total. The van der Waals surface area contributed by atoms with Gasteiger partial charge in [0.15, 0.2) is 0 Å². The maximum Gasteiger partial charge on any atom is 0.136 e. The molecule has 3 nitrogen and oxygen atoms in total. The predicted molar refractivity (Wildman–Crippen MR) is 75.5 cm³/mol. The van der Waals surface area contributed by atoms with Gasteiger partial charge in [-0.05, 0) is 51.2 Å². The lowest BCUT2D eigenvalue weighted by atomic mass is 9.94. The van der Waals surface area contributed by atoms with E-state index in [1.54, 1.807) is 0 Å². The van der Waals surface area contributed by atoms with E-state index >= 15 is 0 Å². The van der Waals surface area contributed by atoms with Gasteiger partial charge in [0.25, 0.3) is 0 Å². The minimum absolute atomic E-state index is 0.331. The standard InChI is InChI=1S/C13H19N3S/c1-8(2)15-13-10(12(14)17)7-9-5-3-4-6-11(9)16-13/h7-8H,3-6H2,1-2H3,(H2,14,17)(H,15,16). The van der Waals surface area contributed by atoms with E-state index in [-0.39, 0.29) is 0 Å². The second kappa shape index (κ2) is 5.00. The molecule has 0 amide bonds. The fourth-order valence-electron chi connectivity index (χ4n) is 2.20. The highest BCUT2D eigenvalue weighted by Gasteiger charge is 2.16. The number of pyridine rings is 1. The van der Waals surface area contributed by atoms with E-state index in [9.17, 15) is 0 Å². The molecule has 0 aromatic carbocycles. The fourth-order valence-corrected chi connectivity index (χ4v) is 2.36. The summed E-state index contributed by atoms with van der Waals surface area (Å²) in [5.41, 5.74) is 9.18. The third-order valence-electron chi connectivity index (χ3n) is 2.99. The van der Waals surface area contributed by atoms with E-state index in [1.165, 1.54) is 24.1 Å². The van der Waals surface area contributed by atoms with Gasteiger partial charge in [0.05, 0.1) is 5.56 Å². The van der Waals surface area contributed by atoms with Crippen molar-refractivity contribution in [3.63, 3.8) is 0 Å². The molecule has 1 aliphatic rings. The fraction of sp³-hybridized carbons (Fsp3) is 0.538. The van der Waals surface area contributed by atoms with Gasteiger partial charge in [-0.15, -0.1) is 0 Å². The van der Waals surface area contributed by atoms with Crippen molar-refractivity contribution in [3.8, 4) is 0 Å². The Bertz CT molecular complexity index is 441. The number of hydrogen-bond acceptors (Lipinski definition) is 3. The van der Waals surface area contributed by atoms with Crippen molar-refractivity contribution in [2.75, 3.05) is 5.32 Å². The predicted octanol–water partition coefficient (Wildman–Crippen LogP) is 2.41. The third-order valence-corrected chi connectivity index (χ3v) is 3.21. The first-order valence-corrected chi connectivity index (χ1v) is 6.58. The Morgan fingerprint density at radius 2 is 2.12 bits per heavy atom. The second-order valence-electron chi connectivity index (χ2n) is 4.86. The summed E-state index contributed by atoms with van der Waals surface area (Å²) in [5, 5.41) is 3.33. The van der Waals surface area contributed by atoms with Gasteiger partial charge in [-0.25, -0.2) is 4.98 Å². The van der Waals surface area contributed by atoms with Crippen LogP contribution in [0.4, 0.5) is 5.82 Å². The minimum atomic E-state index is 0.331. The Hall–Kier alpha value is -1.16. The van der Waals surface area contributed by atoms with Crippen LogP contribution in [-0.2, 0) is 12.8 Å². The minimum Gasteiger partial charge on any atom is -0.389 e. The van der Waals surface area contributed by atoms with Gasteiger partial charge in [-0.2, -0.15) is 0 Å². The van der Waals surface area contributed by atoms with Crippen LogP contribution >= 0.6 is 12.2 Å². The Balaban J connectivity index is 2.44. The van der Waals surface area contributed by atoms with Crippen LogP contribution in [0.3, 0.4) is 0 Å². The third kappa shape index (κ3) is 2.75. The summed E-state index contributed by atoms with van der Waals surface area (Å²) in [5.74, 6) is 0.841. The molecule has 0 saturated carbocycles. The average molecular weight is 249 g/mol. The Labute approximate surface area is 108 Å². The maximum atomic E-state index is 5.77. The van der Waals surface area contributed by atoms with Crippen molar-refractivity contribution < 1.29 is 0 Å². The van der Waals surface area contributed by atoms with Gasteiger partial charge in [-0.1, -0.05) is 12.2 Å². The van der Waals surface area contributed by atoms with E-state index < -0.39 is 0 Å². The largest absolute Gasteiger partial charge is 0.389 e. The highest BCUT2D eigenvalue weighted by atomic mass is 32.1. The van der Waals surface area contributed by atoms with Crippen LogP contribution < -0.4 is 11.1 Å². The topological polar surface area (TPSA) is 50.9 Å². The number of hydrogen-bond donors (Lipinski definition) is 2. The van der Waals surface area contributed by atoms with Crippen molar-refractivity contribution in [3.05, 3.63) is 22.9 Å². The monoisotopic (exact) mass is 249 g/mol. The van der Waals surface area contributed by atoms with E-state index in [0.29, 0.717) is 11.0 Å². The highest BCUT2D eigenvalue weighted by Crippen LogP contribution is 2.25. The molecule has 92 valence electrons. The van der Waals surface area contributed by atoms with Gasteiger partial charge in [0.2, 0.25) is 0 Å². The molecule has 1 heterocycles. The zero-order chi connectivity index (χ0) is 12.4. The van der Waals surface area contributed by atoms with Crippen molar-refractivity contribution in [1.29, 1.82) is 0 Å². The Morgan fingerprint density at radius 3 is 2.76 bits per heavy atom. The van der Waals surface area contributed by atoms with Gasteiger partial charge in [0, 0.05) is 11.7 Å². The number of rotatable bonds is 3. The van der Waals surface area contributed by atoms with Gasteiger partial charge in [-0.3, -0.25) is 0 Å². The van der Waals surface area contributed by atoms with E-state index in [2.05, 4.69) is 25.2 Å². The number of nitrogens with one attached hydrogen (secondary N) is 1. The molecule has 0 radical (unpaired) electrons. The zero-order valence-corrected chi connectivity index (χ0v) is 11.2. The second-order valence-corrected chi connectivity index (χ2v) is 5.30. The van der Waals surface area contributed by atoms with Crippen LogP contribution in [0.25, 0.3) is 0 Å². The summed E-state index contributed by atoms with van der Waals surface area (Å²) < 4.78 is 0. The van der Waals surface area contributed by atoms with Crippen molar-refractivity contribution in [2.24, 2.45) is 5.73 Å². The summed E-state index contributed by atoms with van der Waals surface area (Å²) in [6, 6.07) is 2.45. The lowest BCUT2D eigenvalue weighted by Crippen LogP contribution is -2.20. The zero-order valence-electron chi connectivity index (χ0n) is 10.4. The quantitative estimate of drug-likeness (QED) is 0.808. The molecule has 0 saturated heterocycles. The summed E-state index contributed by atoms with van der Waals surface area (Å²) >= 11 is 5.11. The number of aryl methyl sites for hydroxylation is 2. The molecule has 0 fully saturated rings. The molecule has 1 aromatic rings. The molecule has 0 aliphatic heterocycles. The number of nitrogens with two attached hydrogens (primary N) is 1. The molecular weight excluding hydrogens is 230 g/mol. The van der Waals surface area contributed by atoms with E-state index in [4.69, 9.17) is 22.9 Å². The van der Waals surface area contributed by atoms with Gasteiger partial charge < -0.3 is 11.1 Å². The lowest BCUT2D eigenvalue weighted by Gasteiger charge is -2.20. The van der Waals surface area contributed by atoms with Crippen LogP contribution in [0.15, 0.2) is 6.07 Å². The molecule has 0 spiro atoms. The summed E-state index contributed by atoms with van der Waals surface area (Å²) in [7, 11) is 0. The Morgan fingerprint density at radius 1 is 1.41 bits per heavy atom. The normalized spacial score (nSPS) is 14.5. The van der Waals surface area contributed by atoms with E-state index in [1.807, 2.05) is 0 Å². The van der Waals surface area contributed by atoms with Crippen LogP contribution in [0.1, 0.15) is 43.5 Å². The number of anilines is 1. The highest BCUT2D eigenvalue weighted by molar-refractivity contribution is 7.80. The number of aromatic nitrogens is 1. The molecule has 2 rings (SSSR count). The molecule has 0 bridgehead atoms. The summed E-state index contributed by atoms with van der Waals surface area (Å²) in [4.78, 5) is 5.12. The molecule has 4 heteroatoms. The molecule has 1 aromatic heterocycles. The summed E-state index contributed by atoms with van der Waals surface area (Å²) in [6.07, 6.45) is 4.63. The lowest BCUT2D eigenvalue weighted by molar-refractivity contribution is 0.667. The maximum absolute atomic E-state index is 5.77. The summed E-state index contributed by atoms with van der Waals surface area (Å²) in [6.45, 7) is 4.18. The van der Waals surface area contributed by atoms with Crippen LogP contribution in [0, 0.1) is 0 Å². The Kier molecular flexibility index (Phi) is 3.62. The number of fused-ring (bicyclic) bond motifs is 1. The van der Waals surface area contributed by atoms with Crippen molar-refractivity contribution >= 4 is 23.0 Å². The van der Waals surface area contributed by atoms with Gasteiger partial charge >= 0.3 is 0 Å². The van der Waals surface area contributed by atoms with Crippen molar-refractivity contribution in [1.82, 2.24) is 4.98 Å². The van der Waals surface area contributed by atoms with Crippen molar-refractivity contribution in [2.45, 2.75) is 45.6 Å². The first-order valence-electron chi connectivity index (χ1n) is 6.17. The molecule has 0 unspecified atom stereocenters. The molecule has 1 aliphatic carbocycles. The van der Waals surface area contributed by atoms with Crippen LogP contribution in [0.2, 0.25) is 0 Å². The SMILES string of the molecule is CC(C)Nc1nc2c(cc1C(N)=S)CCCC2. The van der Waals surface area contributed by atoms with Crippen LogP contribution in [0.5, 0.6) is 0 Å². The average Bonchev–Trinajstić information content (AvgIpc) is 2.27. The first kappa shape index (κ1) is 12.3. The van der Waals surface area contributed by atoms with Crippen LogP contribution in [-0.4, -0.2) is 16.0 Å². The molecule has 0 atom stereocenters. The van der Waals surface area contributed by atoms with E-state index in [0.717, 1.165) is 24.2 Å². The molecular formula is C13H19N3S. The number of thiocarbonyl (C=S) groups is 1. The molecule has 17 heavy (non-hydrogen) atoms.